The van der Waals surface area contributed by atoms with E-state index in [1.807, 2.05) is 68.6 Å². The van der Waals surface area contributed by atoms with Gasteiger partial charge in [0.2, 0.25) is 11.8 Å². The van der Waals surface area contributed by atoms with Gasteiger partial charge in [-0.2, -0.15) is 0 Å². The Morgan fingerprint density at radius 2 is 1.81 bits per heavy atom. The molecule has 0 radical (unpaired) electrons. The average Bonchev–Trinajstić information content (AvgIpc) is 3.18. The van der Waals surface area contributed by atoms with Gasteiger partial charge in [0.25, 0.3) is 5.91 Å². The third kappa shape index (κ3) is 3.97. The van der Waals surface area contributed by atoms with Gasteiger partial charge in [-0.25, -0.2) is 0 Å². The van der Waals surface area contributed by atoms with E-state index < -0.39 is 0 Å². The van der Waals surface area contributed by atoms with Crippen molar-refractivity contribution in [2.45, 2.75) is 19.5 Å². The molecule has 0 fully saturated rings. The first-order valence-electron chi connectivity index (χ1n) is 8.48. The number of rotatable bonds is 6. The highest BCUT2D eigenvalue weighted by atomic mass is 16.4. The summed E-state index contributed by atoms with van der Waals surface area (Å²) in [5.74, 6) is 1.02. The van der Waals surface area contributed by atoms with E-state index in [0.717, 1.165) is 11.1 Å². The molecule has 0 saturated carbocycles. The van der Waals surface area contributed by atoms with Crippen LogP contribution < -0.4 is 5.32 Å². The third-order valence-electron chi connectivity index (χ3n) is 4.36. The number of carbonyl (C=O) groups excluding carboxylic acids is 1. The van der Waals surface area contributed by atoms with Crippen molar-refractivity contribution in [3.05, 3.63) is 71.6 Å². The smallest absolute Gasteiger partial charge is 0.251 e. The number of aromatic nitrogens is 2. The predicted octanol–water partition coefficient (Wildman–Crippen LogP) is 3.29. The summed E-state index contributed by atoms with van der Waals surface area (Å²) in [6.07, 6.45) is 0. The highest BCUT2D eigenvalue weighted by molar-refractivity contribution is 5.93. The highest BCUT2D eigenvalue weighted by Crippen LogP contribution is 2.24. The minimum absolute atomic E-state index is 0.0291. The van der Waals surface area contributed by atoms with Crippen LogP contribution in [0.1, 0.15) is 34.8 Å². The topological polar surface area (TPSA) is 71.3 Å². The fourth-order valence-electron chi connectivity index (χ4n) is 2.62. The van der Waals surface area contributed by atoms with Crippen LogP contribution >= 0.6 is 0 Å². The molecular weight excluding hydrogens is 328 g/mol. The lowest BCUT2D eigenvalue weighted by Crippen LogP contribution is -2.22. The number of hydrogen-bond acceptors (Lipinski definition) is 5. The van der Waals surface area contributed by atoms with Crippen LogP contribution in [0.5, 0.6) is 0 Å². The summed E-state index contributed by atoms with van der Waals surface area (Å²) in [5.41, 5.74) is 2.66. The summed E-state index contributed by atoms with van der Waals surface area (Å²) < 4.78 is 5.84. The Kier molecular flexibility index (Phi) is 5.43. The van der Waals surface area contributed by atoms with Crippen LogP contribution in [0.15, 0.2) is 59.0 Å². The molecule has 3 rings (SSSR count). The molecule has 0 saturated heterocycles. The van der Waals surface area contributed by atoms with E-state index >= 15 is 0 Å². The van der Waals surface area contributed by atoms with Crippen molar-refractivity contribution >= 4 is 5.91 Å². The van der Waals surface area contributed by atoms with Crippen molar-refractivity contribution in [1.82, 2.24) is 20.4 Å². The van der Waals surface area contributed by atoms with Gasteiger partial charge in [0, 0.05) is 24.7 Å². The SMILES string of the molecule is CNC(=O)c1ccc(CN(C)C(C)c2nnc(-c3ccccc3)o2)cc1. The molecule has 134 valence electrons. The number of hydrogen-bond donors (Lipinski definition) is 1. The van der Waals surface area contributed by atoms with E-state index in [-0.39, 0.29) is 11.9 Å². The first kappa shape index (κ1) is 17.8. The van der Waals surface area contributed by atoms with Crippen LogP contribution in [0.3, 0.4) is 0 Å². The maximum absolute atomic E-state index is 11.6. The van der Waals surface area contributed by atoms with E-state index in [9.17, 15) is 4.79 Å². The molecule has 2 aromatic carbocycles. The Bertz CT molecular complexity index is 859. The molecule has 1 N–H and O–H groups in total. The summed E-state index contributed by atoms with van der Waals surface area (Å²) >= 11 is 0. The molecule has 1 unspecified atom stereocenters. The zero-order valence-electron chi connectivity index (χ0n) is 15.1. The third-order valence-corrected chi connectivity index (χ3v) is 4.36. The Labute approximate surface area is 152 Å². The van der Waals surface area contributed by atoms with Crippen molar-refractivity contribution in [2.24, 2.45) is 0 Å². The highest BCUT2D eigenvalue weighted by Gasteiger charge is 2.19. The summed E-state index contributed by atoms with van der Waals surface area (Å²) in [5, 5.41) is 11.0. The zero-order chi connectivity index (χ0) is 18.5. The van der Waals surface area contributed by atoms with Gasteiger partial charge in [-0.3, -0.25) is 9.69 Å². The minimum Gasteiger partial charge on any atom is -0.419 e. The number of nitrogens with zero attached hydrogens (tertiary/aromatic N) is 3. The van der Waals surface area contributed by atoms with Gasteiger partial charge in [0.15, 0.2) is 0 Å². The van der Waals surface area contributed by atoms with Crippen molar-refractivity contribution < 1.29 is 9.21 Å². The zero-order valence-corrected chi connectivity index (χ0v) is 15.1. The normalized spacial score (nSPS) is 12.2. The van der Waals surface area contributed by atoms with Gasteiger partial charge in [0.1, 0.15) is 0 Å². The minimum atomic E-state index is -0.0856. The van der Waals surface area contributed by atoms with E-state index in [0.29, 0.717) is 23.9 Å². The molecule has 0 spiro atoms. The van der Waals surface area contributed by atoms with Crippen LogP contribution in [-0.2, 0) is 6.54 Å². The summed E-state index contributed by atoms with van der Waals surface area (Å²) in [6.45, 7) is 2.74. The molecule has 1 heterocycles. The van der Waals surface area contributed by atoms with Crippen LogP contribution in [0, 0.1) is 0 Å². The van der Waals surface area contributed by atoms with Crippen molar-refractivity contribution in [3.8, 4) is 11.5 Å². The molecule has 1 amide bonds. The molecule has 0 bridgehead atoms. The Balaban J connectivity index is 1.67. The second kappa shape index (κ2) is 7.93. The van der Waals surface area contributed by atoms with Gasteiger partial charge in [0.05, 0.1) is 6.04 Å². The lowest BCUT2D eigenvalue weighted by Gasteiger charge is -2.21. The average molecular weight is 350 g/mol. The molecule has 0 aliphatic heterocycles. The fourth-order valence-corrected chi connectivity index (χ4v) is 2.62. The summed E-state index contributed by atoms with van der Waals surface area (Å²) in [7, 11) is 3.63. The fraction of sp³-hybridized carbons (Fsp3) is 0.250. The van der Waals surface area contributed by atoms with Crippen molar-refractivity contribution in [1.29, 1.82) is 0 Å². The van der Waals surface area contributed by atoms with E-state index in [2.05, 4.69) is 20.4 Å². The first-order valence-corrected chi connectivity index (χ1v) is 8.48. The molecule has 6 heteroatoms. The molecule has 1 aromatic heterocycles. The predicted molar refractivity (Wildman–Crippen MR) is 99.4 cm³/mol. The van der Waals surface area contributed by atoms with Crippen LogP contribution in [0.2, 0.25) is 0 Å². The largest absolute Gasteiger partial charge is 0.419 e. The maximum atomic E-state index is 11.6. The second-order valence-electron chi connectivity index (χ2n) is 6.18. The second-order valence-corrected chi connectivity index (χ2v) is 6.18. The number of benzene rings is 2. The molecule has 0 aliphatic carbocycles. The van der Waals surface area contributed by atoms with Gasteiger partial charge in [-0.15, -0.1) is 10.2 Å². The van der Waals surface area contributed by atoms with Gasteiger partial charge >= 0.3 is 0 Å². The molecule has 6 nitrogen and oxygen atoms in total. The first-order chi connectivity index (χ1) is 12.6. The Hall–Kier alpha value is -2.99. The summed E-state index contributed by atoms with van der Waals surface area (Å²) in [4.78, 5) is 13.7. The standard InChI is InChI=1S/C20H22N4O2/c1-14(19-22-23-20(26-19)17-7-5-4-6-8-17)24(3)13-15-9-11-16(12-10-15)18(25)21-2/h4-12,14H,13H2,1-3H3,(H,21,25). The quantitative estimate of drug-likeness (QED) is 0.739. The van der Waals surface area contributed by atoms with Crippen molar-refractivity contribution in [3.63, 3.8) is 0 Å². The number of nitrogens with one attached hydrogen (secondary N) is 1. The maximum Gasteiger partial charge on any atom is 0.251 e. The van der Waals surface area contributed by atoms with Gasteiger partial charge in [-0.05, 0) is 43.8 Å². The molecule has 0 aliphatic rings. The van der Waals surface area contributed by atoms with Crippen LogP contribution in [0.25, 0.3) is 11.5 Å². The molecule has 1 atom stereocenters. The van der Waals surface area contributed by atoms with Gasteiger partial charge < -0.3 is 9.73 Å². The van der Waals surface area contributed by atoms with E-state index in [4.69, 9.17) is 4.42 Å². The number of carbonyl (C=O) groups is 1. The Morgan fingerprint density at radius 1 is 1.12 bits per heavy atom. The molecule has 3 aromatic rings. The lowest BCUT2D eigenvalue weighted by atomic mass is 10.1. The van der Waals surface area contributed by atoms with Crippen LogP contribution in [-0.4, -0.2) is 35.1 Å². The van der Waals surface area contributed by atoms with E-state index in [1.165, 1.54) is 0 Å². The van der Waals surface area contributed by atoms with E-state index in [1.54, 1.807) is 7.05 Å². The van der Waals surface area contributed by atoms with Crippen molar-refractivity contribution in [2.75, 3.05) is 14.1 Å². The molecular formula is C20H22N4O2. The lowest BCUT2D eigenvalue weighted by molar-refractivity contribution is 0.0963. The Morgan fingerprint density at radius 3 is 2.46 bits per heavy atom. The molecule has 26 heavy (non-hydrogen) atoms. The monoisotopic (exact) mass is 350 g/mol. The van der Waals surface area contributed by atoms with Gasteiger partial charge in [-0.1, -0.05) is 30.3 Å². The van der Waals surface area contributed by atoms with Crippen LogP contribution in [0.4, 0.5) is 0 Å². The number of amides is 1. The summed E-state index contributed by atoms with van der Waals surface area (Å²) in [6, 6.07) is 17.3.